The first-order valence-electron chi connectivity index (χ1n) is 6.23. The molecule has 24 heavy (non-hydrogen) atoms. The number of aromatic nitrogens is 2. The summed E-state index contributed by atoms with van der Waals surface area (Å²) in [5, 5.41) is 1.59. The Kier molecular flexibility index (Phi) is 4.23. The fraction of sp³-hybridized carbons (Fsp3) is 0.308. The van der Waals surface area contributed by atoms with Crippen molar-refractivity contribution in [2.24, 2.45) is 0 Å². The largest absolute Gasteiger partial charge is 0.425 e. The highest BCUT2D eigenvalue weighted by Crippen LogP contribution is 2.49. The minimum atomic E-state index is -6.20. The molecule has 0 spiro atoms. The monoisotopic (exact) mass is 360 g/mol. The van der Waals surface area contributed by atoms with Gasteiger partial charge in [0.05, 0.1) is 5.69 Å². The molecule has 0 bridgehead atoms. The van der Waals surface area contributed by atoms with E-state index in [1.54, 1.807) is 5.10 Å². The Hall–Kier alpha value is -2.33. The van der Waals surface area contributed by atoms with Crippen LogP contribution in [-0.4, -0.2) is 28.1 Å². The predicted molar refractivity (Wildman–Crippen MR) is 66.2 cm³/mol. The predicted octanol–water partition coefficient (Wildman–Crippen LogP) is 3.79. The average molecular weight is 360 g/mol. The van der Waals surface area contributed by atoms with Gasteiger partial charge in [-0.1, -0.05) is 18.2 Å². The summed E-state index contributed by atoms with van der Waals surface area (Å²) < 4.78 is 104. The van der Waals surface area contributed by atoms with Crippen LogP contribution in [0.5, 0.6) is 0 Å². The van der Waals surface area contributed by atoms with Crippen LogP contribution in [0.2, 0.25) is 0 Å². The highest BCUT2D eigenvalue weighted by molar-refractivity contribution is 5.31. The van der Waals surface area contributed by atoms with Crippen molar-refractivity contribution in [3.63, 3.8) is 0 Å². The Bertz CT molecular complexity index is 762. The van der Waals surface area contributed by atoms with Gasteiger partial charge in [-0.2, -0.15) is 30.7 Å². The fourth-order valence-corrected chi connectivity index (χ4v) is 1.87. The first-order chi connectivity index (χ1) is 10.9. The second-order valence-corrected chi connectivity index (χ2v) is 4.78. The number of para-hydroxylation sites is 1. The molecule has 0 fully saturated rings. The average Bonchev–Trinajstić information content (AvgIpc) is 2.88. The summed E-state index contributed by atoms with van der Waals surface area (Å²) in [6.45, 7) is 0. The first-order valence-corrected chi connectivity index (χ1v) is 6.23. The standard InChI is InChI=1S/C13H8F8N2O/c14-10(13(19,20)21)12(17,18)11(15,16)8-6-9(24)23(22-8)7-4-2-1-3-5-7/h1-6,10,22H. The zero-order valence-electron chi connectivity index (χ0n) is 11.4. The lowest BCUT2D eigenvalue weighted by molar-refractivity contribution is -0.311. The maximum atomic E-state index is 13.8. The zero-order chi connectivity index (χ0) is 18.3. The van der Waals surface area contributed by atoms with E-state index in [1.165, 1.54) is 30.3 Å². The Morgan fingerprint density at radius 1 is 0.958 bits per heavy atom. The van der Waals surface area contributed by atoms with Crippen molar-refractivity contribution in [2.75, 3.05) is 0 Å². The van der Waals surface area contributed by atoms with Gasteiger partial charge in [0.25, 0.3) is 11.7 Å². The van der Waals surface area contributed by atoms with Gasteiger partial charge in [0.15, 0.2) is 0 Å². The van der Waals surface area contributed by atoms with Crippen LogP contribution in [0.3, 0.4) is 0 Å². The lowest BCUT2D eigenvalue weighted by Gasteiger charge is -2.29. The number of nitrogens with one attached hydrogen (secondary N) is 1. The number of rotatable bonds is 4. The van der Waals surface area contributed by atoms with Crippen LogP contribution >= 0.6 is 0 Å². The second kappa shape index (κ2) is 5.64. The van der Waals surface area contributed by atoms with E-state index in [9.17, 15) is 39.9 Å². The number of benzene rings is 1. The molecule has 2 rings (SSSR count). The Labute approximate surface area is 128 Å². The van der Waals surface area contributed by atoms with Gasteiger partial charge in [-0.05, 0) is 12.1 Å². The first kappa shape index (κ1) is 18.0. The van der Waals surface area contributed by atoms with E-state index in [4.69, 9.17) is 0 Å². The summed E-state index contributed by atoms with van der Waals surface area (Å²) in [6.07, 6.45) is -11.3. The van der Waals surface area contributed by atoms with E-state index in [-0.39, 0.29) is 11.8 Å². The maximum Gasteiger partial charge on any atom is 0.425 e. The topological polar surface area (TPSA) is 37.8 Å². The molecular formula is C13H8F8N2O. The van der Waals surface area contributed by atoms with Crippen LogP contribution in [0.1, 0.15) is 5.69 Å². The third-order valence-corrected chi connectivity index (χ3v) is 3.10. The number of hydrogen-bond donors (Lipinski definition) is 1. The summed E-state index contributed by atoms with van der Waals surface area (Å²) in [4.78, 5) is 11.6. The minimum Gasteiger partial charge on any atom is -0.289 e. The van der Waals surface area contributed by atoms with Gasteiger partial charge in [0.1, 0.15) is 5.69 Å². The molecule has 1 heterocycles. The molecule has 1 aromatic heterocycles. The molecule has 0 aliphatic rings. The van der Waals surface area contributed by atoms with Crippen molar-refractivity contribution >= 4 is 0 Å². The summed E-state index contributed by atoms with van der Waals surface area (Å²) in [7, 11) is 0. The molecule has 1 unspecified atom stereocenters. The molecule has 1 N–H and O–H groups in total. The highest BCUT2D eigenvalue weighted by Gasteiger charge is 2.70. The third-order valence-electron chi connectivity index (χ3n) is 3.10. The van der Waals surface area contributed by atoms with Crippen molar-refractivity contribution < 1.29 is 35.1 Å². The van der Waals surface area contributed by atoms with Crippen LogP contribution in [0.25, 0.3) is 5.69 Å². The molecular weight excluding hydrogens is 352 g/mol. The molecule has 0 saturated carbocycles. The number of alkyl halides is 8. The summed E-state index contributed by atoms with van der Waals surface area (Å²) in [5.41, 5.74) is -3.09. The fourth-order valence-electron chi connectivity index (χ4n) is 1.87. The van der Waals surface area contributed by atoms with Crippen LogP contribution < -0.4 is 5.56 Å². The molecule has 0 aliphatic heterocycles. The van der Waals surface area contributed by atoms with E-state index in [1.807, 2.05) is 0 Å². The molecule has 11 heteroatoms. The minimum absolute atomic E-state index is 0.00992. The maximum absolute atomic E-state index is 13.8. The van der Waals surface area contributed by atoms with Crippen molar-refractivity contribution in [1.82, 2.24) is 9.78 Å². The lowest BCUT2D eigenvalue weighted by Crippen LogP contribution is -2.52. The van der Waals surface area contributed by atoms with Gasteiger partial charge < -0.3 is 0 Å². The molecule has 132 valence electrons. The summed E-state index contributed by atoms with van der Waals surface area (Å²) >= 11 is 0. The Morgan fingerprint density at radius 3 is 2.00 bits per heavy atom. The zero-order valence-corrected chi connectivity index (χ0v) is 11.4. The van der Waals surface area contributed by atoms with E-state index in [0.29, 0.717) is 4.68 Å². The highest BCUT2D eigenvalue weighted by atomic mass is 19.4. The molecule has 0 amide bonds. The molecule has 2 aromatic rings. The molecule has 1 atom stereocenters. The normalized spacial score (nSPS) is 14.7. The quantitative estimate of drug-likeness (QED) is 0.828. The van der Waals surface area contributed by atoms with Gasteiger partial charge in [-0.15, -0.1) is 0 Å². The van der Waals surface area contributed by atoms with Crippen molar-refractivity contribution in [2.45, 2.75) is 24.2 Å². The molecule has 0 radical (unpaired) electrons. The van der Waals surface area contributed by atoms with Crippen LogP contribution in [0, 0.1) is 0 Å². The van der Waals surface area contributed by atoms with Gasteiger partial charge in [0, 0.05) is 6.07 Å². The number of H-pyrrole nitrogens is 1. The van der Waals surface area contributed by atoms with Crippen LogP contribution in [0.15, 0.2) is 41.2 Å². The van der Waals surface area contributed by atoms with Crippen LogP contribution in [-0.2, 0) is 5.92 Å². The summed E-state index contributed by atoms with van der Waals surface area (Å²) in [5.74, 6) is -11.7. The van der Waals surface area contributed by atoms with Gasteiger partial charge in [0.2, 0.25) is 0 Å². The third kappa shape index (κ3) is 2.89. The van der Waals surface area contributed by atoms with E-state index < -0.39 is 35.4 Å². The van der Waals surface area contributed by atoms with Gasteiger partial charge >= 0.3 is 18.0 Å². The summed E-state index contributed by atoms with van der Waals surface area (Å²) in [6, 6.07) is 6.81. The molecule has 3 nitrogen and oxygen atoms in total. The Morgan fingerprint density at radius 2 is 1.50 bits per heavy atom. The Balaban J connectivity index is 2.49. The number of nitrogens with zero attached hydrogens (tertiary/aromatic N) is 1. The van der Waals surface area contributed by atoms with Crippen molar-refractivity contribution in [3.8, 4) is 5.69 Å². The van der Waals surface area contributed by atoms with E-state index >= 15 is 0 Å². The molecule has 0 aliphatic carbocycles. The second-order valence-electron chi connectivity index (χ2n) is 4.78. The molecule has 0 saturated heterocycles. The smallest absolute Gasteiger partial charge is 0.289 e. The molecule has 1 aromatic carbocycles. The number of hydrogen-bond acceptors (Lipinski definition) is 1. The van der Waals surface area contributed by atoms with Crippen molar-refractivity contribution in [1.29, 1.82) is 0 Å². The lowest BCUT2D eigenvalue weighted by atomic mass is 10.0. The van der Waals surface area contributed by atoms with Gasteiger partial charge in [-0.3, -0.25) is 9.89 Å². The van der Waals surface area contributed by atoms with Crippen LogP contribution in [0.4, 0.5) is 35.1 Å². The number of halogens is 8. The number of aromatic amines is 1. The van der Waals surface area contributed by atoms with Crippen molar-refractivity contribution in [3.05, 3.63) is 52.4 Å². The van der Waals surface area contributed by atoms with E-state index in [0.717, 1.165) is 0 Å². The van der Waals surface area contributed by atoms with E-state index in [2.05, 4.69) is 0 Å². The SMILES string of the molecule is O=c1cc(C(F)(F)C(F)(F)C(F)C(F)(F)F)[nH]n1-c1ccccc1. The van der Waals surface area contributed by atoms with Gasteiger partial charge in [-0.25, -0.2) is 9.07 Å².